The Morgan fingerprint density at radius 2 is 2.14 bits per heavy atom. The number of nitrogens with two attached hydrogens (primary N) is 1. The first-order chi connectivity index (χ1) is 6.66. The van der Waals surface area contributed by atoms with Crippen LogP contribution < -0.4 is 5.73 Å². The van der Waals surface area contributed by atoms with Gasteiger partial charge < -0.3 is 5.73 Å². The summed E-state index contributed by atoms with van der Waals surface area (Å²) in [4.78, 5) is 0. The lowest BCUT2D eigenvalue weighted by Crippen LogP contribution is -2.36. The molecule has 2 N–H and O–H groups in total. The molecular formula is C12H16BrN. The standard InChI is InChI=1S/C12H16BrN/c1-8(14)10-5-11(6-10)9-3-2-4-12(13)7-9/h2-4,7-8,10-11H,5-6,14H2,1H3. The summed E-state index contributed by atoms with van der Waals surface area (Å²) in [6.07, 6.45) is 2.52. The lowest BCUT2D eigenvalue weighted by atomic mass is 9.69. The zero-order chi connectivity index (χ0) is 10.1. The fourth-order valence-corrected chi connectivity index (χ4v) is 2.54. The first-order valence-corrected chi connectivity index (χ1v) is 5.97. The molecule has 2 rings (SSSR count). The summed E-state index contributed by atoms with van der Waals surface area (Å²) in [5, 5.41) is 0. The molecule has 0 aliphatic heterocycles. The summed E-state index contributed by atoms with van der Waals surface area (Å²) in [5.41, 5.74) is 7.31. The summed E-state index contributed by atoms with van der Waals surface area (Å²) in [7, 11) is 0. The van der Waals surface area contributed by atoms with Crippen molar-refractivity contribution in [2.24, 2.45) is 11.7 Å². The van der Waals surface area contributed by atoms with Crippen LogP contribution in [0.5, 0.6) is 0 Å². The highest BCUT2D eigenvalue weighted by molar-refractivity contribution is 9.10. The third-order valence-electron chi connectivity index (χ3n) is 3.24. The smallest absolute Gasteiger partial charge is 0.0178 e. The highest BCUT2D eigenvalue weighted by Gasteiger charge is 2.32. The minimum atomic E-state index is 0.360. The van der Waals surface area contributed by atoms with Crippen LogP contribution in [0.4, 0.5) is 0 Å². The Labute approximate surface area is 93.8 Å². The van der Waals surface area contributed by atoms with Gasteiger partial charge in [-0.3, -0.25) is 0 Å². The van der Waals surface area contributed by atoms with Crippen molar-refractivity contribution >= 4 is 15.9 Å². The van der Waals surface area contributed by atoms with Crippen LogP contribution >= 0.6 is 15.9 Å². The average Bonchev–Trinajstić information content (AvgIpc) is 2.00. The fourth-order valence-electron chi connectivity index (χ4n) is 2.12. The molecule has 1 aromatic rings. The Morgan fingerprint density at radius 3 is 2.71 bits per heavy atom. The molecular weight excluding hydrogens is 238 g/mol. The molecule has 1 unspecified atom stereocenters. The lowest BCUT2D eigenvalue weighted by Gasteiger charge is -2.38. The second kappa shape index (κ2) is 4.03. The Bertz CT molecular complexity index is 316. The summed E-state index contributed by atoms with van der Waals surface area (Å²) in [5.74, 6) is 1.47. The molecule has 1 atom stereocenters. The van der Waals surface area contributed by atoms with E-state index in [2.05, 4.69) is 47.1 Å². The van der Waals surface area contributed by atoms with Crippen LogP contribution in [-0.2, 0) is 0 Å². The van der Waals surface area contributed by atoms with Gasteiger partial charge in [-0.25, -0.2) is 0 Å². The van der Waals surface area contributed by atoms with Gasteiger partial charge in [-0.2, -0.15) is 0 Å². The normalized spacial score (nSPS) is 28.2. The monoisotopic (exact) mass is 253 g/mol. The SMILES string of the molecule is CC(N)C1CC(c2cccc(Br)c2)C1. The molecule has 76 valence electrons. The van der Waals surface area contributed by atoms with Gasteiger partial charge in [0, 0.05) is 10.5 Å². The predicted molar refractivity (Wildman–Crippen MR) is 63.3 cm³/mol. The van der Waals surface area contributed by atoms with Crippen LogP contribution in [0.3, 0.4) is 0 Å². The van der Waals surface area contributed by atoms with Crippen molar-refractivity contribution in [1.82, 2.24) is 0 Å². The molecule has 1 aliphatic carbocycles. The largest absolute Gasteiger partial charge is 0.328 e. The quantitative estimate of drug-likeness (QED) is 0.861. The van der Waals surface area contributed by atoms with Gasteiger partial charge in [0.25, 0.3) is 0 Å². The fraction of sp³-hybridized carbons (Fsp3) is 0.500. The second-order valence-electron chi connectivity index (χ2n) is 4.34. The Morgan fingerprint density at radius 1 is 1.43 bits per heavy atom. The van der Waals surface area contributed by atoms with Crippen molar-refractivity contribution in [2.75, 3.05) is 0 Å². The third kappa shape index (κ3) is 2.01. The first kappa shape index (κ1) is 10.2. The molecule has 2 heteroatoms. The van der Waals surface area contributed by atoms with E-state index in [0.29, 0.717) is 6.04 Å². The summed E-state index contributed by atoms with van der Waals surface area (Å²) >= 11 is 3.50. The maximum atomic E-state index is 5.86. The maximum absolute atomic E-state index is 5.86. The molecule has 0 radical (unpaired) electrons. The van der Waals surface area contributed by atoms with Gasteiger partial charge in [-0.15, -0.1) is 0 Å². The van der Waals surface area contributed by atoms with E-state index < -0.39 is 0 Å². The number of halogens is 1. The maximum Gasteiger partial charge on any atom is 0.0178 e. The Balaban J connectivity index is 2.00. The lowest BCUT2D eigenvalue weighted by molar-refractivity contribution is 0.229. The molecule has 14 heavy (non-hydrogen) atoms. The molecule has 0 amide bonds. The Kier molecular flexibility index (Phi) is 2.93. The minimum Gasteiger partial charge on any atom is -0.328 e. The summed E-state index contributed by atoms with van der Waals surface area (Å²) in [6, 6.07) is 8.98. The molecule has 0 spiro atoms. The Hall–Kier alpha value is -0.340. The van der Waals surface area contributed by atoms with Crippen LogP contribution in [0.2, 0.25) is 0 Å². The van der Waals surface area contributed by atoms with Crippen molar-refractivity contribution in [3.05, 3.63) is 34.3 Å². The number of rotatable bonds is 2. The molecule has 1 saturated carbocycles. The highest BCUT2D eigenvalue weighted by Crippen LogP contribution is 2.43. The number of benzene rings is 1. The predicted octanol–water partition coefficient (Wildman–Crippen LogP) is 3.29. The van der Waals surface area contributed by atoms with E-state index in [0.717, 1.165) is 11.8 Å². The van der Waals surface area contributed by atoms with E-state index in [-0.39, 0.29) is 0 Å². The molecule has 1 nitrogen and oxygen atoms in total. The molecule has 0 bridgehead atoms. The molecule has 0 aromatic heterocycles. The summed E-state index contributed by atoms with van der Waals surface area (Å²) < 4.78 is 1.18. The average molecular weight is 254 g/mol. The zero-order valence-corrected chi connectivity index (χ0v) is 10.00. The van der Waals surface area contributed by atoms with Gasteiger partial charge in [0.05, 0.1) is 0 Å². The van der Waals surface area contributed by atoms with Crippen LogP contribution in [0, 0.1) is 5.92 Å². The van der Waals surface area contributed by atoms with Crippen LogP contribution in [0.15, 0.2) is 28.7 Å². The molecule has 0 heterocycles. The molecule has 1 aliphatic rings. The van der Waals surface area contributed by atoms with Crippen LogP contribution in [-0.4, -0.2) is 6.04 Å². The van der Waals surface area contributed by atoms with E-state index in [4.69, 9.17) is 5.73 Å². The number of hydrogen-bond donors (Lipinski definition) is 1. The molecule has 1 aromatic carbocycles. The van der Waals surface area contributed by atoms with Crippen molar-refractivity contribution in [3.8, 4) is 0 Å². The van der Waals surface area contributed by atoms with E-state index in [1.807, 2.05) is 0 Å². The van der Waals surface area contributed by atoms with Crippen molar-refractivity contribution in [3.63, 3.8) is 0 Å². The van der Waals surface area contributed by atoms with E-state index >= 15 is 0 Å². The summed E-state index contributed by atoms with van der Waals surface area (Å²) in [6.45, 7) is 2.11. The van der Waals surface area contributed by atoms with Crippen LogP contribution in [0.25, 0.3) is 0 Å². The number of hydrogen-bond acceptors (Lipinski definition) is 1. The first-order valence-electron chi connectivity index (χ1n) is 5.18. The van der Waals surface area contributed by atoms with Gasteiger partial charge >= 0.3 is 0 Å². The second-order valence-corrected chi connectivity index (χ2v) is 5.26. The highest BCUT2D eigenvalue weighted by atomic mass is 79.9. The molecule has 1 fully saturated rings. The van der Waals surface area contributed by atoms with Crippen molar-refractivity contribution < 1.29 is 0 Å². The van der Waals surface area contributed by atoms with E-state index in [1.165, 1.54) is 22.9 Å². The zero-order valence-electron chi connectivity index (χ0n) is 8.41. The molecule has 0 saturated heterocycles. The third-order valence-corrected chi connectivity index (χ3v) is 3.73. The van der Waals surface area contributed by atoms with Crippen LogP contribution in [0.1, 0.15) is 31.2 Å². The van der Waals surface area contributed by atoms with Gasteiger partial charge in [0.2, 0.25) is 0 Å². The van der Waals surface area contributed by atoms with Gasteiger partial charge in [0.1, 0.15) is 0 Å². The van der Waals surface area contributed by atoms with E-state index in [1.54, 1.807) is 0 Å². The van der Waals surface area contributed by atoms with Gasteiger partial charge in [-0.05, 0) is 49.3 Å². The topological polar surface area (TPSA) is 26.0 Å². The van der Waals surface area contributed by atoms with Gasteiger partial charge in [0.15, 0.2) is 0 Å². The van der Waals surface area contributed by atoms with E-state index in [9.17, 15) is 0 Å². The minimum absolute atomic E-state index is 0.360. The van der Waals surface area contributed by atoms with Crippen molar-refractivity contribution in [1.29, 1.82) is 0 Å². The van der Waals surface area contributed by atoms with Crippen molar-refractivity contribution in [2.45, 2.75) is 31.7 Å². The van der Waals surface area contributed by atoms with Gasteiger partial charge in [-0.1, -0.05) is 28.1 Å².